The van der Waals surface area contributed by atoms with Gasteiger partial charge < -0.3 is 10.2 Å². The summed E-state index contributed by atoms with van der Waals surface area (Å²) >= 11 is 5.96. The lowest BCUT2D eigenvalue weighted by molar-refractivity contribution is 0.201. The average molecular weight is 341 g/mol. The first-order chi connectivity index (χ1) is 10.4. The summed E-state index contributed by atoms with van der Waals surface area (Å²) < 4.78 is 24.4. The Kier molecular flexibility index (Phi) is 5.58. The third kappa shape index (κ3) is 4.55. The zero-order chi connectivity index (χ0) is 16.2. The highest BCUT2D eigenvalue weighted by molar-refractivity contribution is 7.90. The summed E-state index contributed by atoms with van der Waals surface area (Å²) in [6.07, 6.45) is -1.16. The molecule has 0 saturated heterocycles. The minimum absolute atomic E-state index is 0.0851. The average Bonchev–Trinajstić information content (AvgIpc) is 2.47. The molecule has 0 heterocycles. The highest BCUT2D eigenvalue weighted by Crippen LogP contribution is 2.24. The van der Waals surface area contributed by atoms with E-state index in [1.54, 1.807) is 48.5 Å². The summed E-state index contributed by atoms with van der Waals surface area (Å²) in [5.74, 6) is -0.557. The molecule has 0 aromatic heterocycles. The largest absolute Gasteiger partial charge is 0.392 e. The van der Waals surface area contributed by atoms with Gasteiger partial charge in [-0.15, -0.1) is 0 Å². The van der Waals surface area contributed by atoms with Gasteiger partial charge in [-0.25, -0.2) is 8.42 Å². The van der Waals surface area contributed by atoms with Crippen LogP contribution in [0, 0.1) is 0 Å². The fraction of sp³-hybridized carbons (Fsp3) is 0.250. The van der Waals surface area contributed by atoms with E-state index < -0.39 is 21.7 Å². The van der Waals surface area contributed by atoms with Gasteiger partial charge in [0, 0.05) is 10.6 Å². The summed E-state index contributed by atoms with van der Waals surface area (Å²) in [6, 6.07) is 13.3. The monoisotopic (exact) mass is 340 g/mol. The number of benzene rings is 2. The predicted octanol–water partition coefficient (Wildman–Crippen LogP) is 2.48. The normalized spacial score (nSPS) is 13.0. The molecule has 0 aliphatic carbocycles. The molecular weight excluding hydrogens is 324 g/mol. The Morgan fingerprint density at radius 2 is 1.59 bits per heavy atom. The van der Waals surface area contributed by atoms with E-state index >= 15 is 0 Å². The molecule has 0 bridgehead atoms. The van der Waals surface area contributed by atoms with E-state index in [2.05, 4.69) is 0 Å². The van der Waals surface area contributed by atoms with E-state index in [1.165, 1.54) is 0 Å². The molecule has 0 aliphatic rings. The Morgan fingerprint density at radius 1 is 1.00 bits per heavy atom. The van der Waals surface area contributed by atoms with Crippen LogP contribution in [0.1, 0.15) is 22.8 Å². The van der Waals surface area contributed by atoms with Crippen molar-refractivity contribution in [1.29, 1.82) is 0 Å². The first kappa shape index (κ1) is 17.0. The third-order valence-electron chi connectivity index (χ3n) is 3.27. The molecule has 1 atom stereocenters. The number of aliphatic hydroxyl groups is 2. The Balaban J connectivity index is 2.08. The number of hydrogen-bond acceptors (Lipinski definition) is 4. The quantitative estimate of drug-likeness (QED) is 0.847. The molecule has 0 radical (unpaired) electrons. The molecule has 2 rings (SSSR count). The predicted molar refractivity (Wildman–Crippen MR) is 86.3 cm³/mol. The molecule has 118 valence electrons. The molecule has 1 unspecified atom stereocenters. The lowest BCUT2D eigenvalue weighted by Gasteiger charge is -2.13. The Bertz CT molecular complexity index is 726. The Hall–Kier alpha value is -1.40. The van der Waals surface area contributed by atoms with Crippen molar-refractivity contribution >= 4 is 21.4 Å². The maximum absolute atomic E-state index is 12.2. The standard InChI is InChI=1S/C16H17ClO4S/c17-15-4-2-1-3-14(15)16(19)11-22(20,21)10-13-7-5-12(9-18)6-8-13/h1-8,16,18-19H,9-11H2. The highest BCUT2D eigenvalue weighted by Gasteiger charge is 2.21. The minimum Gasteiger partial charge on any atom is -0.392 e. The van der Waals surface area contributed by atoms with Crippen molar-refractivity contribution in [2.45, 2.75) is 18.5 Å². The number of hydrogen-bond donors (Lipinski definition) is 2. The van der Waals surface area contributed by atoms with Crippen LogP contribution in [0.4, 0.5) is 0 Å². The van der Waals surface area contributed by atoms with Crippen LogP contribution in [-0.4, -0.2) is 24.4 Å². The SMILES string of the molecule is O=S(=O)(Cc1ccc(CO)cc1)CC(O)c1ccccc1Cl. The molecule has 22 heavy (non-hydrogen) atoms. The molecular formula is C16H17ClO4S. The van der Waals surface area contributed by atoms with Crippen molar-refractivity contribution in [2.24, 2.45) is 0 Å². The van der Waals surface area contributed by atoms with Gasteiger partial charge in [-0.05, 0) is 17.2 Å². The van der Waals surface area contributed by atoms with E-state index in [0.29, 0.717) is 16.1 Å². The second-order valence-corrected chi connectivity index (χ2v) is 7.58. The summed E-state index contributed by atoms with van der Waals surface area (Å²) in [7, 11) is -3.49. The second-order valence-electron chi connectivity index (χ2n) is 5.07. The van der Waals surface area contributed by atoms with Crippen LogP contribution in [0.2, 0.25) is 5.02 Å². The first-order valence-electron chi connectivity index (χ1n) is 6.73. The number of rotatable bonds is 6. The molecule has 2 N–H and O–H groups in total. The Morgan fingerprint density at radius 3 is 2.18 bits per heavy atom. The van der Waals surface area contributed by atoms with E-state index in [1.807, 2.05) is 0 Å². The van der Waals surface area contributed by atoms with Crippen molar-refractivity contribution < 1.29 is 18.6 Å². The molecule has 6 heteroatoms. The second kappa shape index (κ2) is 7.24. The molecule has 0 amide bonds. The zero-order valence-corrected chi connectivity index (χ0v) is 13.4. The van der Waals surface area contributed by atoms with E-state index in [-0.39, 0.29) is 12.4 Å². The molecule has 4 nitrogen and oxygen atoms in total. The number of sulfone groups is 1. The van der Waals surface area contributed by atoms with Gasteiger partial charge in [0.05, 0.1) is 24.2 Å². The summed E-state index contributed by atoms with van der Waals surface area (Å²) in [5, 5.41) is 19.4. The van der Waals surface area contributed by atoms with Crippen molar-refractivity contribution in [3.8, 4) is 0 Å². The molecule has 2 aromatic carbocycles. The van der Waals surface area contributed by atoms with Crippen molar-refractivity contribution in [2.75, 3.05) is 5.75 Å². The molecule has 0 aliphatic heterocycles. The maximum atomic E-state index is 12.2. The van der Waals surface area contributed by atoms with Crippen LogP contribution in [0.15, 0.2) is 48.5 Å². The van der Waals surface area contributed by atoms with Gasteiger partial charge in [0.1, 0.15) is 0 Å². The number of halogens is 1. The highest BCUT2D eigenvalue weighted by atomic mass is 35.5. The fourth-order valence-electron chi connectivity index (χ4n) is 2.13. The fourth-order valence-corrected chi connectivity index (χ4v) is 3.87. The van der Waals surface area contributed by atoms with Gasteiger partial charge in [-0.3, -0.25) is 0 Å². The van der Waals surface area contributed by atoms with Crippen LogP contribution >= 0.6 is 11.6 Å². The van der Waals surface area contributed by atoms with Crippen LogP contribution < -0.4 is 0 Å². The smallest absolute Gasteiger partial charge is 0.157 e. The third-order valence-corrected chi connectivity index (χ3v) is 5.21. The summed E-state index contributed by atoms with van der Waals surface area (Å²) in [5.41, 5.74) is 1.74. The van der Waals surface area contributed by atoms with Gasteiger partial charge in [0.2, 0.25) is 0 Å². The van der Waals surface area contributed by atoms with Crippen LogP contribution in [0.25, 0.3) is 0 Å². The lowest BCUT2D eigenvalue weighted by Crippen LogP contribution is -2.16. The van der Waals surface area contributed by atoms with Crippen molar-refractivity contribution in [1.82, 2.24) is 0 Å². The van der Waals surface area contributed by atoms with E-state index in [0.717, 1.165) is 5.56 Å². The van der Waals surface area contributed by atoms with Crippen molar-refractivity contribution in [3.05, 3.63) is 70.2 Å². The van der Waals surface area contributed by atoms with Gasteiger partial charge in [0.15, 0.2) is 9.84 Å². The van der Waals surface area contributed by atoms with Gasteiger partial charge in [-0.1, -0.05) is 54.1 Å². The van der Waals surface area contributed by atoms with E-state index in [9.17, 15) is 13.5 Å². The zero-order valence-electron chi connectivity index (χ0n) is 11.8. The van der Waals surface area contributed by atoms with Gasteiger partial charge in [0.25, 0.3) is 0 Å². The van der Waals surface area contributed by atoms with Crippen LogP contribution in [0.5, 0.6) is 0 Å². The molecule has 0 spiro atoms. The van der Waals surface area contributed by atoms with Crippen molar-refractivity contribution in [3.63, 3.8) is 0 Å². The van der Waals surface area contributed by atoms with Gasteiger partial charge in [-0.2, -0.15) is 0 Å². The number of aliphatic hydroxyl groups excluding tert-OH is 2. The summed E-state index contributed by atoms with van der Waals surface area (Å²) in [4.78, 5) is 0. The van der Waals surface area contributed by atoms with Crippen LogP contribution in [-0.2, 0) is 22.2 Å². The first-order valence-corrected chi connectivity index (χ1v) is 8.93. The maximum Gasteiger partial charge on any atom is 0.157 e. The Labute approximate surface area is 134 Å². The minimum atomic E-state index is -3.49. The lowest BCUT2D eigenvalue weighted by atomic mass is 10.1. The van der Waals surface area contributed by atoms with Gasteiger partial charge >= 0.3 is 0 Å². The summed E-state index contributed by atoms with van der Waals surface area (Å²) in [6.45, 7) is -0.0851. The van der Waals surface area contributed by atoms with E-state index in [4.69, 9.17) is 16.7 Å². The molecule has 0 saturated carbocycles. The molecule has 2 aromatic rings. The topological polar surface area (TPSA) is 74.6 Å². The van der Waals surface area contributed by atoms with Crippen LogP contribution in [0.3, 0.4) is 0 Å². The molecule has 0 fully saturated rings.